The van der Waals surface area contributed by atoms with Crippen LogP contribution in [0.4, 0.5) is 0 Å². The lowest BCUT2D eigenvalue weighted by Gasteiger charge is -2.28. The topological polar surface area (TPSA) is 55.8 Å². The number of rotatable bonds is 10. The van der Waals surface area contributed by atoms with Crippen molar-refractivity contribution < 1.29 is 19.4 Å². The Labute approximate surface area is 111 Å². The normalized spacial score (nSPS) is 14.6. The lowest BCUT2D eigenvalue weighted by Crippen LogP contribution is -2.31. The van der Waals surface area contributed by atoms with Crippen molar-refractivity contribution in [1.82, 2.24) is 0 Å². The van der Waals surface area contributed by atoms with E-state index in [1.165, 1.54) is 0 Å². The lowest BCUT2D eigenvalue weighted by atomic mass is 9.94. The average Bonchev–Trinajstić information content (AvgIpc) is 2.30. The van der Waals surface area contributed by atoms with Gasteiger partial charge in [-0.3, -0.25) is 4.79 Å². The zero-order chi connectivity index (χ0) is 14.0. The van der Waals surface area contributed by atoms with Crippen LogP contribution >= 0.6 is 0 Å². The van der Waals surface area contributed by atoms with Gasteiger partial charge in [0, 0.05) is 6.61 Å². The molecule has 0 radical (unpaired) electrons. The minimum Gasteiger partial charge on any atom is -0.466 e. The van der Waals surface area contributed by atoms with Gasteiger partial charge >= 0.3 is 5.97 Å². The van der Waals surface area contributed by atoms with Crippen molar-refractivity contribution in [2.45, 2.75) is 65.6 Å². The number of carbonyl (C=O) groups excluding carboxylic acids is 1. The van der Waals surface area contributed by atoms with Crippen LogP contribution in [0.1, 0.15) is 53.4 Å². The van der Waals surface area contributed by atoms with Gasteiger partial charge in [-0.15, -0.1) is 0 Å². The van der Waals surface area contributed by atoms with Gasteiger partial charge in [-0.25, -0.2) is 0 Å². The molecule has 0 aliphatic carbocycles. The summed E-state index contributed by atoms with van der Waals surface area (Å²) in [6, 6.07) is 0. The summed E-state index contributed by atoms with van der Waals surface area (Å²) in [5, 5.41) is 8.90. The molecule has 0 aliphatic rings. The second-order valence-corrected chi connectivity index (χ2v) is 4.58. The van der Waals surface area contributed by atoms with E-state index in [2.05, 4.69) is 13.8 Å². The van der Waals surface area contributed by atoms with Gasteiger partial charge in [-0.2, -0.15) is 0 Å². The molecule has 108 valence electrons. The lowest BCUT2D eigenvalue weighted by molar-refractivity contribution is -0.149. The van der Waals surface area contributed by atoms with Crippen molar-refractivity contribution in [1.29, 1.82) is 0 Å². The maximum atomic E-state index is 11.6. The van der Waals surface area contributed by atoms with E-state index >= 15 is 0 Å². The number of aliphatic hydroxyl groups excluding tert-OH is 1. The molecule has 0 aromatic heterocycles. The summed E-state index contributed by atoms with van der Waals surface area (Å²) in [4.78, 5) is 11.6. The Balaban J connectivity index is 4.45. The SMILES string of the molecule is CCOC(=O)C[C@@H](O[C@@H](C)CCO)C(CC)CC. The van der Waals surface area contributed by atoms with Crippen molar-refractivity contribution in [2.75, 3.05) is 13.2 Å². The highest BCUT2D eigenvalue weighted by Crippen LogP contribution is 2.22. The van der Waals surface area contributed by atoms with Gasteiger partial charge in [-0.05, 0) is 26.2 Å². The second kappa shape index (κ2) is 10.3. The van der Waals surface area contributed by atoms with E-state index in [1.807, 2.05) is 6.92 Å². The third-order valence-corrected chi connectivity index (χ3v) is 3.19. The van der Waals surface area contributed by atoms with Crippen LogP contribution in [0.25, 0.3) is 0 Å². The smallest absolute Gasteiger partial charge is 0.308 e. The van der Waals surface area contributed by atoms with Crippen molar-refractivity contribution in [3.05, 3.63) is 0 Å². The van der Waals surface area contributed by atoms with Crippen molar-refractivity contribution in [3.63, 3.8) is 0 Å². The number of hydrogen-bond donors (Lipinski definition) is 1. The Kier molecular flexibility index (Phi) is 9.98. The Bertz CT molecular complexity index is 214. The molecule has 0 aromatic carbocycles. The van der Waals surface area contributed by atoms with Crippen LogP contribution in [0.5, 0.6) is 0 Å². The van der Waals surface area contributed by atoms with E-state index in [0.717, 1.165) is 12.8 Å². The molecule has 2 atom stereocenters. The highest BCUT2D eigenvalue weighted by molar-refractivity contribution is 5.69. The number of carbonyl (C=O) groups is 1. The van der Waals surface area contributed by atoms with Crippen molar-refractivity contribution >= 4 is 5.97 Å². The molecular formula is C14H28O4. The quantitative estimate of drug-likeness (QED) is 0.613. The van der Waals surface area contributed by atoms with Gasteiger partial charge in [0.15, 0.2) is 0 Å². The van der Waals surface area contributed by atoms with Crippen molar-refractivity contribution in [2.24, 2.45) is 5.92 Å². The maximum absolute atomic E-state index is 11.6. The summed E-state index contributed by atoms with van der Waals surface area (Å²) in [6.07, 6.45) is 2.71. The number of ether oxygens (including phenoxy) is 2. The minimum absolute atomic E-state index is 0.0324. The molecule has 0 rings (SSSR count). The molecule has 0 unspecified atom stereocenters. The fourth-order valence-corrected chi connectivity index (χ4v) is 2.07. The predicted octanol–water partition coefficient (Wildman–Crippen LogP) is 2.53. The molecule has 0 heterocycles. The molecule has 18 heavy (non-hydrogen) atoms. The second-order valence-electron chi connectivity index (χ2n) is 4.58. The molecule has 0 bridgehead atoms. The summed E-state index contributed by atoms with van der Waals surface area (Å²) in [5.74, 6) is 0.154. The predicted molar refractivity (Wildman–Crippen MR) is 71.4 cm³/mol. The van der Waals surface area contributed by atoms with E-state index in [9.17, 15) is 4.79 Å². The molecule has 0 saturated carbocycles. The monoisotopic (exact) mass is 260 g/mol. The van der Waals surface area contributed by atoms with Gasteiger partial charge in [0.1, 0.15) is 0 Å². The van der Waals surface area contributed by atoms with E-state index in [-0.39, 0.29) is 24.8 Å². The first-order valence-corrected chi connectivity index (χ1v) is 7.00. The Morgan fingerprint density at radius 3 is 2.28 bits per heavy atom. The number of hydrogen-bond acceptors (Lipinski definition) is 4. The van der Waals surface area contributed by atoms with Gasteiger partial charge in [-0.1, -0.05) is 26.7 Å². The van der Waals surface area contributed by atoms with E-state index in [1.54, 1.807) is 6.92 Å². The van der Waals surface area contributed by atoms with Gasteiger partial charge in [0.2, 0.25) is 0 Å². The first kappa shape index (κ1) is 17.4. The third kappa shape index (κ3) is 6.97. The molecule has 0 fully saturated rings. The first-order chi connectivity index (χ1) is 8.58. The molecule has 0 amide bonds. The highest BCUT2D eigenvalue weighted by Gasteiger charge is 2.24. The maximum Gasteiger partial charge on any atom is 0.308 e. The molecule has 0 spiro atoms. The van der Waals surface area contributed by atoms with E-state index in [0.29, 0.717) is 25.4 Å². The van der Waals surface area contributed by atoms with Crippen LogP contribution in [0.15, 0.2) is 0 Å². The molecule has 4 heteroatoms. The molecule has 1 N–H and O–H groups in total. The summed E-state index contributed by atoms with van der Waals surface area (Å²) in [5.41, 5.74) is 0. The Morgan fingerprint density at radius 2 is 1.83 bits per heavy atom. The zero-order valence-corrected chi connectivity index (χ0v) is 12.1. The fourth-order valence-electron chi connectivity index (χ4n) is 2.07. The Hall–Kier alpha value is -0.610. The molecular weight excluding hydrogens is 232 g/mol. The summed E-state index contributed by atoms with van der Waals surface area (Å²) >= 11 is 0. The fraction of sp³-hybridized carbons (Fsp3) is 0.929. The standard InChI is InChI=1S/C14H28O4/c1-5-12(6-2)13(10-14(16)17-7-3)18-11(4)8-9-15/h11-13,15H,5-10H2,1-4H3/t11-,13+/m0/s1. The molecule has 0 aliphatic heterocycles. The first-order valence-electron chi connectivity index (χ1n) is 7.00. The summed E-state index contributed by atoms with van der Waals surface area (Å²) in [7, 11) is 0. The largest absolute Gasteiger partial charge is 0.466 e. The zero-order valence-electron chi connectivity index (χ0n) is 12.1. The summed E-state index contributed by atoms with van der Waals surface area (Å²) in [6.45, 7) is 8.45. The number of esters is 1. The van der Waals surface area contributed by atoms with E-state index in [4.69, 9.17) is 14.6 Å². The van der Waals surface area contributed by atoms with Crippen LogP contribution in [0.3, 0.4) is 0 Å². The van der Waals surface area contributed by atoms with Gasteiger partial charge < -0.3 is 14.6 Å². The molecule has 4 nitrogen and oxygen atoms in total. The molecule has 0 saturated heterocycles. The van der Waals surface area contributed by atoms with Gasteiger partial charge in [0.05, 0.1) is 25.2 Å². The van der Waals surface area contributed by atoms with Crippen LogP contribution in [-0.4, -0.2) is 36.5 Å². The van der Waals surface area contributed by atoms with Crippen LogP contribution in [0, 0.1) is 5.92 Å². The summed E-state index contributed by atoms with van der Waals surface area (Å²) < 4.78 is 10.9. The molecule has 0 aromatic rings. The van der Waals surface area contributed by atoms with Crippen LogP contribution in [-0.2, 0) is 14.3 Å². The minimum atomic E-state index is -0.203. The third-order valence-electron chi connectivity index (χ3n) is 3.19. The van der Waals surface area contributed by atoms with Crippen LogP contribution in [0.2, 0.25) is 0 Å². The van der Waals surface area contributed by atoms with Gasteiger partial charge in [0.25, 0.3) is 0 Å². The average molecular weight is 260 g/mol. The van der Waals surface area contributed by atoms with Crippen molar-refractivity contribution in [3.8, 4) is 0 Å². The Morgan fingerprint density at radius 1 is 1.22 bits per heavy atom. The number of aliphatic hydroxyl groups is 1. The van der Waals surface area contributed by atoms with E-state index < -0.39 is 0 Å². The van der Waals surface area contributed by atoms with Crippen LogP contribution < -0.4 is 0 Å². The highest BCUT2D eigenvalue weighted by atomic mass is 16.5.